The third-order valence-electron chi connectivity index (χ3n) is 6.45. The summed E-state index contributed by atoms with van der Waals surface area (Å²) in [6, 6.07) is 10.2. The first kappa shape index (κ1) is 24.4. The molecule has 1 saturated heterocycles. The highest BCUT2D eigenvalue weighted by Crippen LogP contribution is 2.39. The van der Waals surface area contributed by atoms with Crippen LogP contribution in [0.3, 0.4) is 0 Å². The predicted molar refractivity (Wildman–Crippen MR) is 129 cm³/mol. The van der Waals surface area contributed by atoms with E-state index in [9.17, 15) is 13.2 Å². The van der Waals surface area contributed by atoms with E-state index in [-0.39, 0.29) is 30.8 Å². The van der Waals surface area contributed by atoms with Crippen LogP contribution in [0.25, 0.3) is 28.1 Å². The lowest BCUT2D eigenvalue weighted by atomic mass is 10.1. The molecule has 2 unspecified atom stereocenters. The normalized spacial score (nSPS) is 18.7. The van der Waals surface area contributed by atoms with Gasteiger partial charge in [0.1, 0.15) is 24.1 Å². The molecule has 5 rings (SSSR count). The molecule has 2 N–H and O–H groups in total. The Labute approximate surface area is 205 Å². The molecule has 0 amide bonds. The molecule has 1 fully saturated rings. The maximum absolute atomic E-state index is 14.1. The number of aromatic nitrogens is 4. The number of pyridine rings is 2. The van der Waals surface area contributed by atoms with Crippen LogP contribution < -0.4 is 10.5 Å². The minimum absolute atomic E-state index is 0.0617. The van der Waals surface area contributed by atoms with Gasteiger partial charge < -0.3 is 15.2 Å². The lowest BCUT2D eigenvalue weighted by molar-refractivity contribution is -0.183. The van der Waals surface area contributed by atoms with Crippen LogP contribution >= 0.6 is 0 Å². The van der Waals surface area contributed by atoms with Crippen LogP contribution in [-0.4, -0.2) is 69.6 Å². The number of ether oxygens (including phenoxy) is 2. The zero-order valence-electron chi connectivity index (χ0n) is 19.9. The first-order valence-electron chi connectivity index (χ1n) is 11.7. The van der Waals surface area contributed by atoms with Crippen LogP contribution in [0.2, 0.25) is 0 Å². The number of alkyl halides is 3. The molecule has 8 nitrogen and oxygen atoms in total. The molecule has 0 spiro atoms. The Balaban J connectivity index is 1.51. The van der Waals surface area contributed by atoms with E-state index in [0.29, 0.717) is 41.5 Å². The number of fused-ring (bicyclic) bond motifs is 2. The molecule has 4 aromatic rings. The highest BCUT2D eigenvalue weighted by molar-refractivity contribution is 5.82. The minimum Gasteiger partial charge on any atom is -0.491 e. The van der Waals surface area contributed by atoms with Crippen molar-refractivity contribution in [2.45, 2.75) is 37.7 Å². The van der Waals surface area contributed by atoms with Gasteiger partial charge in [-0.1, -0.05) is 12.1 Å². The number of halogens is 3. The zero-order chi connectivity index (χ0) is 25.4. The first-order valence-corrected chi connectivity index (χ1v) is 11.7. The Hall–Kier alpha value is -3.28. The highest BCUT2D eigenvalue weighted by Gasteiger charge is 2.46. The van der Waals surface area contributed by atoms with E-state index in [1.165, 1.54) is 17.2 Å². The van der Waals surface area contributed by atoms with Gasteiger partial charge in [0.25, 0.3) is 0 Å². The van der Waals surface area contributed by atoms with E-state index in [1.807, 2.05) is 31.2 Å². The monoisotopic (exact) mass is 500 g/mol. The topological polar surface area (TPSA) is 90.8 Å². The molecule has 0 saturated carbocycles. The van der Waals surface area contributed by atoms with E-state index in [4.69, 9.17) is 20.2 Å². The van der Waals surface area contributed by atoms with Gasteiger partial charge >= 0.3 is 6.18 Å². The molecule has 1 aromatic carbocycles. The summed E-state index contributed by atoms with van der Waals surface area (Å²) in [7, 11) is 1.62. The van der Waals surface area contributed by atoms with Crippen LogP contribution in [0.4, 0.5) is 13.2 Å². The summed E-state index contributed by atoms with van der Waals surface area (Å²) in [5.74, 6) is 0.994. The smallest absolute Gasteiger partial charge is 0.408 e. The Morgan fingerprint density at radius 3 is 2.67 bits per heavy atom. The second kappa shape index (κ2) is 9.64. The van der Waals surface area contributed by atoms with Gasteiger partial charge in [0.05, 0.1) is 11.6 Å². The highest BCUT2D eigenvalue weighted by atomic mass is 19.4. The number of hydrogen-bond acceptors (Lipinski definition) is 7. The van der Waals surface area contributed by atoms with Crippen molar-refractivity contribution in [2.75, 3.05) is 26.8 Å². The molecular weight excluding hydrogens is 473 g/mol. The third-order valence-corrected chi connectivity index (χ3v) is 6.45. The average Bonchev–Trinajstić information content (AvgIpc) is 3.47. The molecule has 0 radical (unpaired) electrons. The van der Waals surface area contributed by atoms with Crippen molar-refractivity contribution in [1.29, 1.82) is 0 Å². The van der Waals surface area contributed by atoms with Crippen molar-refractivity contribution >= 4 is 16.6 Å². The van der Waals surface area contributed by atoms with E-state index in [1.54, 1.807) is 23.6 Å². The molecule has 0 aliphatic carbocycles. The lowest BCUT2D eigenvalue weighted by Gasteiger charge is -2.30. The van der Waals surface area contributed by atoms with Crippen molar-refractivity contribution in [3.63, 3.8) is 0 Å². The third kappa shape index (κ3) is 4.86. The second-order valence-corrected chi connectivity index (χ2v) is 9.11. The van der Waals surface area contributed by atoms with Gasteiger partial charge in [-0.2, -0.15) is 13.2 Å². The van der Waals surface area contributed by atoms with Gasteiger partial charge in [-0.15, -0.1) is 10.2 Å². The standard InChI is InChI=1S/C25H27F3N6O2/c1-15(35-2)14-36-19-6-3-16-4-7-20(30-21(16)11-19)24-32-31-22-8-5-17(12-34(22)24)23(25(26,27)28)33-10-9-18(29)13-33/h3-8,11-12,15,18,23H,9-10,13-14,29H2,1-2H3/t15?,18?,23-/m1/s1. The van der Waals surface area contributed by atoms with Gasteiger partial charge in [-0.25, -0.2) is 4.98 Å². The molecule has 1 aliphatic heterocycles. The Bertz CT molecular complexity index is 1380. The van der Waals surface area contributed by atoms with Gasteiger partial charge in [0.2, 0.25) is 0 Å². The summed E-state index contributed by atoms with van der Waals surface area (Å²) < 4.78 is 54.9. The fraction of sp³-hybridized carbons (Fsp3) is 0.400. The maximum Gasteiger partial charge on any atom is 0.408 e. The van der Waals surface area contributed by atoms with E-state index in [2.05, 4.69) is 10.2 Å². The quantitative estimate of drug-likeness (QED) is 0.410. The lowest BCUT2D eigenvalue weighted by Crippen LogP contribution is -2.38. The number of rotatable bonds is 7. The summed E-state index contributed by atoms with van der Waals surface area (Å²) in [6.07, 6.45) is -2.54. The van der Waals surface area contributed by atoms with E-state index < -0.39 is 12.2 Å². The van der Waals surface area contributed by atoms with Crippen LogP contribution in [0.5, 0.6) is 5.75 Å². The summed E-state index contributed by atoms with van der Waals surface area (Å²) in [5.41, 5.74) is 7.59. The number of nitrogens with two attached hydrogens (primary N) is 1. The fourth-order valence-corrected chi connectivity index (χ4v) is 4.49. The van der Waals surface area contributed by atoms with Crippen molar-refractivity contribution in [2.24, 2.45) is 5.73 Å². The number of likely N-dealkylation sites (tertiary alicyclic amines) is 1. The molecule has 3 aromatic heterocycles. The first-order chi connectivity index (χ1) is 17.2. The minimum atomic E-state index is -4.45. The summed E-state index contributed by atoms with van der Waals surface area (Å²) in [4.78, 5) is 6.09. The fourth-order valence-electron chi connectivity index (χ4n) is 4.49. The average molecular weight is 501 g/mol. The SMILES string of the molecule is COC(C)COc1ccc2ccc(-c3nnc4ccc([C@@H](N5CCC(N)C5)C(F)(F)F)cn34)nc2c1. The summed E-state index contributed by atoms with van der Waals surface area (Å²) in [6.45, 7) is 2.78. The molecule has 3 atom stereocenters. The number of benzene rings is 1. The molecule has 190 valence electrons. The Morgan fingerprint density at radius 1 is 1.14 bits per heavy atom. The van der Waals surface area contributed by atoms with Gasteiger partial charge in [0.15, 0.2) is 11.5 Å². The molecule has 36 heavy (non-hydrogen) atoms. The van der Waals surface area contributed by atoms with Gasteiger partial charge in [0, 0.05) is 43.9 Å². The largest absolute Gasteiger partial charge is 0.491 e. The molecule has 0 bridgehead atoms. The molecule has 4 heterocycles. The zero-order valence-corrected chi connectivity index (χ0v) is 19.9. The van der Waals surface area contributed by atoms with Gasteiger partial charge in [-0.05, 0) is 43.2 Å². The summed E-state index contributed by atoms with van der Waals surface area (Å²) >= 11 is 0. The summed E-state index contributed by atoms with van der Waals surface area (Å²) in [5, 5.41) is 9.26. The molecule has 1 aliphatic rings. The van der Waals surface area contributed by atoms with Crippen LogP contribution in [-0.2, 0) is 4.74 Å². The number of nitrogens with zero attached hydrogens (tertiary/aromatic N) is 5. The second-order valence-electron chi connectivity index (χ2n) is 9.11. The Kier molecular flexibility index (Phi) is 6.54. The van der Waals surface area contributed by atoms with Crippen LogP contribution in [0.1, 0.15) is 24.9 Å². The van der Waals surface area contributed by atoms with Crippen molar-refractivity contribution in [1.82, 2.24) is 24.5 Å². The molecular formula is C25H27F3N6O2. The maximum atomic E-state index is 14.1. The van der Waals surface area contributed by atoms with E-state index >= 15 is 0 Å². The van der Waals surface area contributed by atoms with Gasteiger partial charge in [-0.3, -0.25) is 9.30 Å². The van der Waals surface area contributed by atoms with Crippen LogP contribution in [0, 0.1) is 0 Å². The van der Waals surface area contributed by atoms with Crippen LogP contribution in [0.15, 0.2) is 48.7 Å². The predicted octanol–water partition coefficient (Wildman–Crippen LogP) is 3.99. The van der Waals surface area contributed by atoms with Crippen molar-refractivity contribution < 1.29 is 22.6 Å². The Morgan fingerprint density at radius 2 is 1.94 bits per heavy atom. The van der Waals surface area contributed by atoms with E-state index in [0.717, 1.165) is 5.39 Å². The number of methoxy groups -OCH3 is 1. The van der Waals surface area contributed by atoms with Crippen molar-refractivity contribution in [3.8, 4) is 17.3 Å². The molecule has 11 heteroatoms. The number of hydrogen-bond donors (Lipinski definition) is 1. The van der Waals surface area contributed by atoms with Crippen molar-refractivity contribution in [3.05, 3.63) is 54.2 Å².